The lowest BCUT2D eigenvalue weighted by Gasteiger charge is -2.41. The Kier molecular flexibility index (Phi) is 4.76. The van der Waals surface area contributed by atoms with Crippen LogP contribution in [0.4, 0.5) is 0 Å². The number of rotatable bonds is 2. The zero-order valence-corrected chi connectivity index (χ0v) is 15.9. The molecular weight excluding hydrogens is 342 g/mol. The van der Waals surface area contributed by atoms with Gasteiger partial charge in [-0.15, -0.1) is 0 Å². The van der Waals surface area contributed by atoms with Crippen LogP contribution in [0, 0.1) is 5.41 Å². The fourth-order valence-corrected chi connectivity index (χ4v) is 4.50. The highest BCUT2D eigenvalue weighted by Crippen LogP contribution is 2.38. The van der Waals surface area contributed by atoms with Crippen molar-refractivity contribution in [1.82, 2.24) is 14.8 Å². The number of likely N-dealkylation sites (tertiary alicyclic amines) is 1. The lowest BCUT2D eigenvalue weighted by Crippen LogP contribution is -2.55. The molecule has 2 atom stereocenters. The lowest BCUT2D eigenvalue weighted by atomic mass is 9.78. The van der Waals surface area contributed by atoms with Crippen molar-refractivity contribution < 1.29 is 14.3 Å². The first-order chi connectivity index (χ1) is 13.0. The van der Waals surface area contributed by atoms with Gasteiger partial charge in [0.05, 0.1) is 30.7 Å². The van der Waals surface area contributed by atoms with Gasteiger partial charge in [0.2, 0.25) is 5.91 Å². The first kappa shape index (κ1) is 18.2. The quantitative estimate of drug-likeness (QED) is 0.751. The summed E-state index contributed by atoms with van der Waals surface area (Å²) in [5, 5.41) is 0. The molecule has 6 heteroatoms. The zero-order chi connectivity index (χ0) is 18.9. The van der Waals surface area contributed by atoms with Gasteiger partial charge in [0.15, 0.2) is 0 Å². The fraction of sp³-hybridized carbons (Fsp3) is 0.571. The van der Waals surface area contributed by atoms with Crippen LogP contribution in [-0.2, 0) is 9.53 Å². The average molecular weight is 369 g/mol. The van der Waals surface area contributed by atoms with Gasteiger partial charge in [-0.2, -0.15) is 0 Å². The second kappa shape index (κ2) is 7.08. The Balaban J connectivity index is 1.44. The van der Waals surface area contributed by atoms with Gasteiger partial charge in [-0.3, -0.25) is 14.6 Å². The van der Waals surface area contributed by atoms with Crippen molar-refractivity contribution in [3.8, 4) is 0 Å². The number of ether oxygens (including phenoxy) is 1. The smallest absolute Gasteiger partial charge is 0.255 e. The van der Waals surface area contributed by atoms with E-state index in [1.807, 2.05) is 9.80 Å². The summed E-state index contributed by atoms with van der Waals surface area (Å²) < 4.78 is 6.13. The predicted octanol–water partition coefficient (Wildman–Crippen LogP) is 2.27. The molecule has 1 spiro atoms. The van der Waals surface area contributed by atoms with Crippen molar-refractivity contribution in [2.75, 3.05) is 32.8 Å². The molecule has 3 heterocycles. The maximum absolute atomic E-state index is 13.1. The summed E-state index contributed by atoms with van der Waals surface area (Å²) in [6, 6.07) is 3.57. The van der Waals surface area contributed by atoms with Crippen molar-refractivity contribution in [2.45, 2.75) is 38.2 Å². The molecule has 1 aromatic heterocycles. The van der Waals surface area contributed by atoms with E-state index in [1.165, 1.54) is 0 Å². The van der Waals surface area contributed by atoms with Crippen molar-refractivity contribution >= 4 is 11.8 Å². The molecule has 4 rings (SSSR count). The van der Waals surface area contributed by atoms with Gasteiger partial charge < -0.3 is 14.5 Å². The van der Waals surface area contributed by atoms with E-state index in [1.54, 1.807) is 24.5 Å². The van der Waals surface area contributed by atoms with E-state index in [-0.39, 0.29) is 17.2 Å². The molecule has 0 N–H and O–H groups in total. The third-order valence-electron chi connectivity index (χ3n) is 6.16. The largest absolute Gasteiger partial charge is 0.369 e. The summed E-state index contributed by atoms with van der Waals surface area (Å²) in [4.78, 5) is 33.8. The molecule has 1 aliphatic carbocycles. The molecule has 2 amide bonds. The van der Waals surface area contributed by atoms with Crippen LogP contribution in [0.15, 0.2) is 36.7 Å². The van der Waals surface area contributed by atoms with Gasteiger partial charge in [-0.25, -0.2) is 0 Å². The van der Waals surface area contributed by atoms with Crippen LogP contribution < -0.4 is 0 Å². The first-order valence-corrected chi connectivity index (χ1v) is 9.79. The molecule has 0 radical (unpaired) electrons. The molecule has 2 fully saturated rings. The number of hydrogen-bond donors (Lipinski definition) is 0. The number of pyridine rings is 1. The minimum atomic E-state index is -0.438. The average Bonchev–Trinajstić information content (AvgIpc) is 3.11. The van der Waals surface area contributed by atoms with Crippen LogP contribution in [0.5, 0.6) is 0 Å². The molecule has 27 heavy (non-hydrogen) atoms. The fourth-order valence-electron chi connectivity index (χ4n) is 4.50. The highest BCUT2D eigenvalue weighted by Gasteiger charge is 2.48. The molecule has 0 bridgehead atoms. The molecular formula is C21H27N3O3. The second-order valence-corrected chi connectivity index (χ2v) is 8.25. The third kappa shape index (κ3) is 3.50. The van der Waals surface area contributed by atoms with Gasteiger partial charge in [0.1, 0.15) is 5.60 Å². The molecule has 2 unspecified atom stereocenters. The van der Waals surface area contributed by atoms with E-state index in [4.69, 9.17) is 4.74 Å². The molecule has 0 saturated carbocycles. The topological polar surface area (TPSA) is 62.7 Å². The van der Waals surface area contributed by atoms with Gasteiger partial charge >= 0.3 is 0 Å². The van der Waals surface area contributed by atoms with E-state index >= 15 is 0 Å². The lowest BCUT2D eigenvalue weighted by molar-refractivity contribution is -0.143. The van der Waals surface area contributed by atoms with Crippen LogP contribution in [0.3, 0.4) is 0 Å². The van der Waals surface area contributed by atoms with Crippen LogP contribution in [0.1, 0.15) is 43.0 Å². The summed E-state index contributed by atoms with van der Waals surface area (Å²) in [7, 11) is 0. The number of hydrogen-bond acceptors (Lipinski definition) is 4. The number of carbonyl (C=O) groups is 2. The SMILES string of the molecule is CC1(C(=O)N2CCC3(CN(C(=O)c4cccnc4)CCO3)C2)CC=CCC1. The van der Waals surface area contributed by atoms with E-state index < -0.39 is 5.60 Å². The maximum atomic E-state index is 13.1. The number of morpholine rings is 1. The monoisotopic (exact) mass is 369 g/mol. The maximum Gasteiger partial charge on any atom is 0.255 e. The van der Waals surface area contributed by atoms with Gasteiger partial charge in [-0.05, 0) is 37.8 Å². The van der Waals surface area contributed by atoms with Gasteiger partial charge in [0.25, 0.3) is 5.91 Å². The number of carbonyl (C=O) groups excluding carboxylic acids is 2. The van der Waals surface area contributed by atoms with Crippen LogP contribution in [0.25, 0.3) is 0 Å². The molecule has 144 valence electrons. The van der Waals surface area contributed by atoms with Crippen LogP contribution in [-0.4, -0.2) is 65.0 Å². The van der Waals surface area contributed by atoms with Gasteiger partial charge in [0, 0.05) is 25.5 Å². The molecule has 2 aliphatic heterocycles. The normalized spacial score (nSPS) is 30.7. The molecule has 3 aliphatic rings. The number of allylic oxidation sites excluding steroid dienone is 2. The summed E-state index contributed by atoms with van der Waals surface area (Å²) in [6.07, 6.45) is 11.0. The molecule has 2 saturated heterocycles. The minimum absolute atomic E-state index is 0.0140. The van der Waals surface area contributed by atoms with E-state index in [0.717, 1.165) is 25.7 Å². The molecule has 0 aromatic carbocycles. The third-order valence-corrected chi connectivity index (χ3v) is 6.16. The van der Waals surface area contributed by atoms with E-state index in [2.05, 4.69) is 24.1 Å². The number of aromatic nitrogens is 1. The Morgan fingerprint density at radius 3 is 2.74 bits per heavy atom. The van der Waals surface area contributed by atoms with E-state index in [9.17, 15) is 9.59 Å². The van der Waals surface area contributed by atoms with Crippen molar-refractivity contribution in [1.29, 1.82) is 0 Å². The van der Waals surface area contributed by atoms with Crippen molar-refractivity contribution in [3.63, 3.8) is 0 Å². The second-order valence-electron chi connectivity index (χ2n) is 8.25. The Labute approximate surface area is 160 Å². The number of amides is 2. The minimum Gasteiger partial charge on any atom is -0.369 e. The summed E-state index contributed by atoms with van der Waals surface area (Å²) in [5.41, 5.74) is -0.144. The standard InChI is InChI=1S/C21H27N3O3/c1-20(7-3-2-4-8-20)19(26)24-11-9-21(16-24)15-23(12-13-27-21)18(25)17-6-5-10-22-14-17/h2-3,5-6,10,14H,4,7-9,11-13,15-16H2,1H3. The number of nitrogens with zero attached hydrogens (tertiary/aromatic N) is 3. The summed E-state index contributed by atoms with van der Waals surface area (Å²) >= 11 is 0. The zero-order valence-electron chi connectivity index (χ0n) is 15.9. The Hall–Kier alpha value is -2.21. The van der Waals surface area contributed by atoms with Crippen molar-refractivity contribution in [2.24, 2.45) is 5.41 Å². The van der Waals surface area contributed by atoms with Crippen molar-refractivity contribution in [3.05, 3.63) is 42.2 Å². The highest BCUT2D eigenvalue weighted by atomic mass is 16.5. The van der Waals surface area contributed by atoms with E-state index in [0.29, 0.717) is 38.3 Å². The molecule has 1 aromatic rings. The summed E-state index contributed by atoms with van der Waals surface area (Å²) in [6.45, 7) is 4.96. The van der Waals surface area contributed by atoms with Crippen LogP contribution >= 0.6 is 0 Å². The first-order valence-electron chi connectivity index (χ1n) is 9.79. The highest BCUT2D eigenvalue weighted by molar-refractivity contribution is 5.94. The van der Waals surface area contributed by atoms with Crippen LogP contribution in [0.2, 0.25) is 0 Å². The van der Waals surface area contributed by atoms with Gasteiger partial charge in [-0.1, -0.05) is 19.1 Å². The Morgan fingerprint density at radius 2 is 2.00 bits per heavy atom. The summed E-state index contributed by atoms with van der Waals surface area (Å²) in [5.74, 6) is 0.211. The Morgan fingerprint density at radius 1 is 1.15 bits per heavy atom. The molecule has 6 nitrogen and oxygen atoms in total. The predicted molar refractivity (Wildman–Crippen MR) is 101 cm³/mol. The Bertz CT molecular complexity index is 750.